The van der Waals surface area contributed by atoms with Crippen LogP contribution < -0.4 is 5.32 Å². The monoisotopic (exact) mass is 326 g/mol. The van der Waals surface area contributed by atoms with Crippen LogP contribution in [-0.2, 0) is 0 Å². The van der Waals surface area contributed by atoms with Crippen molar-refractivity contribution in [3.05, 3.63) is 33.5 Å². The van der Waals surface area contributed by atoms with Gasteiger partial charge in [-0.3, -0.25) is 15.1 Å². The van der Waals surface area contributed by atoms with Gasteiger partial charge in [-0.2, -0.15) is 0 Å². The van der Waals surface area contributed by atoms with Gasteiger partial charge in [0.1, 0.15) is 5.01 Å². The number of hydrogen-bond donors (Lipinski definition) is 1. The van der Waals surface area contributed by atoms with Gasteiger partial charge in [-0.05, 0) is 22.0 Å². The molecule has 0 aliphatic carbocycles. The number of carbonyl (C=O) groups is 1. The van der Waals surface area contributed by atoms with Crippen LogP contribution in [0.1, 0.15) is 35.1 Å². The van der Waals surface area contributed by atoms with Gasteiger partial charge in [-0.1, -0.05) is 25.2 Å². The maximum atomic E-state index is 11.9. The van der Waals surface area contributed by atoms with Gasteiger partial charge in [-0.25, -0.2) is 0 Å². The fourth-order valence-electron chi connectivity index (χ4n) is 1.22. The molecule has 94 valence electrons. The molecular weight excluding hydrogens is 316 g/mol. The molecule has 18 heavy (non-hydrogen) atoms. The molecule has 0 atom stereocenters. The van der Waals surface area contributed by atoms with Gasteiger partial charge in [0, 0.05) is 22.8 Å². The zero-order chi connectivity index (χ0) is 13.1. The van der Waals surface area contributed by atoms with Crippen LogP contribution in [0.2, 0.25) is 0 Å². The Morgan fingerprint density at radius 1 is 1.39 bits per heavy atom. The van der Waals surface area contributed by atoms with Crippen LogP contribution >= 0.6 is 27.3 Å². The molecule has 0 bridgehead atoms. The maximum absolute atomic E-state index is 11.9. The molecule has 0 saturated heterocycles. The molecule has 0 radical (unpaired) electrons. The van der Waals surface area contributed by atoms with Gasteiger partial charge in [0.2, 0.25) is 5.13 Å². The third kappa shape index (κ3) is 3.11. The van der Waals surface area contributed by atoms with E-state index in [2.05, 4.69) is 36.4 Å². The first-order valence-electron chi connectivity index (χ1n) is 5.31. The molecule has 5 nitrogen and oxygen atoms in total. The number of halogens is 1. The summed E-state index contributed by atoms with van der Waals surface area (Å²) in [6.07, 6.45) is 3.13. The van der Waals surface area contributed by atoms with Gasteiger partial charge in [0.05, 0.1) is 5.56 Å². The van der Waals surface area contributed by atoms with E-state index in [1.54, 1.807) is 12.3 Å². The summed E-state index contributed by atoms with van der Waals surface area (Å²) in [4.78, 5) is 15.9. The molecule has 0 fully saturated rings. The predicted molar refractivity (Wildman–Crippen MR) is 73.9 cm³/mol. The first-order chi connectivity index (χ1) is 8.56. The highest BCUT2D eigenvalue weighted by Gasteiger charge is 2.12. The third-order valence-corrected chi connectivity index (χ3v) is 3.69. The fraction of sp³-hybridized carbons (Fsp3) is 0.273. The number of rotatable bonds is 3. The quantitative estimate of drug-likeness (QED) is 0.941. The average molecular weight is 327 g/mol. The van der Waals surface area contributed by atoms with Crippen molar-refractivity contribution in [2.24, 2.45) is 0 Å². The minimum Gasteiger partial charge on any atom is -0.296 e. The van der Waals surface area contributed by atoms with Gasteiger partial charge >= 0.3 is 0 Å². The van der Waals surface area contributed by atoms with Gasteiger partial charge in [-0.15, -0.1) is 10.2 Å². The second kappa shape index (κ2) is 5.53. The number of aromatic nitrogens is 3. The number of nitrogens with one attached hydrogen (secondary N) is 1. The largest absolute Gasteiger partial charge is 0.296 e. The van der Waals surface area contributed by atoms with E-state index in [0.717, 1.165) is 9.48 Å². The van der Waals surface area contributed by atoms with E-state index in [-0.39, 0.29) is 5.91 Å². The highest BCUT2D eigenvalue weighted by molar-refractivity contribution is 9.10. The first-order valence-corrected chi connectivity index (χ1v) is 6.92. The lowest BCUT2D eigenvalue weighted by atomic mass is 10.2. The number of amides is 1. The Kier molecular flexibility index (Phi) is 4.03. The van der Waals surface area contributed by atoms with E-state index in [9.17, 15) is 4.79 Å². The second-order valence-corrected chi connectivity index (χ2v) is 5.87. The molecule has 0 unspecified atom stereocenters. The molecule has 0 saturated carbocycles. The lowest BCUT2D eigenvalue weighted by molar-refractivity contribution is 0.102. The lowest BCUT2D eigenvalue weighted by Crippen LogP contribution is -2.11. The molecule has 0 spiro atoms. The van der Waals surface area contributed by atoms with Crippen molar-refractivity contribution in [2.75, 3.05) is 5.32 Å². The summed E-state index contributed by atoms with van der Waals surface area (Å²) in [6, 6.07) is 1.70. The van der Waals surface area contributed by atoms with E-state index in [0.29, 0.717) is 16.6 Å². The summed E-state index contributed by atoms with van der Waals surface area (Å²) in [6.45, 7) is 4.06. The molecular formula is C11H11BrN4OS. The summed E-state index contributed by atoms with van der Waals surface area (Å²) in [5.74, 6) is 0.0657. The van der Waals surface area contributed by atoms with Crippen LogP contribution in [0.5, 0.6) is 0 Å². The van der Waals surface area contributed by atoms with Crippen molar-refractivity contribution in [2.45, 2.75) is 19.8 Å². The number of carbonyl (C=O) groups excluding carboxylic acids is 1. The molecule has 7 heteroatoms. The Labute approximate surface area is 117 Å². The van der Waals surface area contributed by atoms with Crippen LogP contribution in [0.3, 0.4) is 0 Å². The molecule has 1 amide bonds. The van der Waals surface area contributed by atoms with Crippen molar-refractivity contribution >= 4 is 38.3 Å². The van der Waals surface area contributed by atoms with Crippen molar-refractivity contribution in [1.82, 2.24) is 15.2 Å². The number of pyridine rings is 1. The summed E-state index contributed by atoms with van der Waals surface area (Å²) in [5.41, 5.74) is 0.477. The van der Waals surface area contributed by atoms with Crippen LogP contribution in [0.25, 0.3) is 0 Å². The molecule has 2 heterocycles. The second-order valence-electron chi connectivity index (χ2n) is 3.95. The Bertz CT molecular complexity index is 570. The fourth-order valence-corrected chi connectivity index (χ4v) is 2.33. The molecule has 0 aromatic carbocycles. The molecule has 0 aliphatic rings. The van der Waals surface area contributed by atoms with E-state index in [1.165, 1.54) is 17.5 Å². The number of nitrogens with zero attached hydrogens (tertiary/aromatic N) is 3. The lowest BCUT2D eigenvalue weighted by Gasteiger charge is -2.00. The van der Waals surface area contributed by atoms with Crippen LogP contribution in [0.15, 0.2) is 22.9 Å². The molecule has 0 aliphatic heterocycles. The molecule has 2 rings (SSSR count). The summed E-state index contributed by atoms with van der Waals surface area (Å²) >= 11 is 4.65. The predicted octanol–water partition coefficient (Wildman–Crippen LogP) is 3.07. The summed E-state index contributed by atoms with van der Waals surface area (Å²) < 4.78 is 0.760. The Hall–Kier alpha value is -1.34. The molecule has 2 aromatic heterocycles. The Balaban J connectivity index is 2.11. The van der Waals surface area contributed by atoms with Crippen LogP contribution in [0.4, 0.5) is 5.13 Å². The average Bonchev–Trinajstić information content (AvgIpc) is 2.77. The van der Waals surface area contributed by atoms with Gasteiger partial charge in [0.15, 0.2) is 0 Å². The maximum Gasteiger partial charge on any atom is 0.259 e. The van der Waals surface area contributed by atoms with E-state index < -0.39 is 0 Å². The number of hydrogen-bond acceptors (Lipinski definition) is 5. The standard InChI is InChI=1S/C11H11BrN4OS/c1-6(2)10-15-16-11(18-10)14-9(17)7-3-8(12)5-13-4-7/h3-6H,1-2H3,(H,14,16,17). The van der Waals surface area contributed by atoms with Crippen molar-refractivity contribution in [1.29, 1.82) is 0 Å². The molecule has 1 N–H and O–H groups in total. The Morgan fingerprint density at radius 3 is 2.78 bits per heavy atom. The Morgan fingerprint density at radius 2 is 2.17 bits per heavy atom. The van der Waals surface area contributed by atoms with E-state index in [4.69, 9.17) is 0 Å². The molecule has 2 aromatic rings. The van der Waals surface area contributed by atoms with E-state index in [1.807, 2.05) is 13.8 Å². The topological polar surface area (TPSA) is 67.8 Å². The minimum absolute atomic E-state index is 0.241. The SMILES string of the molecule is CC(C)c1nnc(NC(=O)c2cncc(Br)c2)s1. The van der Waals surface area contributed by atoms with Crippen molar-refractivity contribution < 1.29 is 4.79 Å². The smallest absolute Gasteiger partial charge is 0.259 e. The zero-order valence-electron chi connectivity index (χ0n) is 9.85. The third-order valence-electron chi connectivity index (χ3n) is 2.12. The number of anilines is 1. The van der Waals surface area contributed by atoms with E-state index >= 15 is 0 Å². The van der Waals surface area contributed by atoms with Gasteiger partial charge in [0.25, 0.3) is 5.91 Å². The van der Waals surface area contributed by atoms with Crippen LogP contribution in [0, 0.1) is 0 Å². The normalized spacial score (nSPS) is 10.7. The van der Waals surface area contributed by atoms with Gasteiger partial charge < -0.3 is 0 Å². The highest BCUT2D eigenvalue weighted by Crippen LogP contribution is 2.22. The van der Waals surface area contributed by atoms with Crippen LogP contribution in [-0.4, -0.2) is 21.1 Å². The van der Waals surface area contributed by atoms with Crippen molar-refractivity contribution in [3.63, 3.8) is 0 Å². The zero-order valence-corrected chi connectivity index (χ0v) is 12.2. The minimum atomic E-state index is -0.241. The summed E-state index contributed by atoms with van der Waals surface area (Å²) in [5, 5.41) is 12.0. The van der Waals surface area contributed by atoms with Crippen molar-refractivity contribution in [3.8, 4) is 0 Å². The first kappa shape index (κ1) is 13.1. The summed E-state index contributed by atoms with van der Waals surface area (Å²) in [7, 11) is 0. The highest BCUT2D eigenvalue weighted by atomic mass is 79.9.